The molecule has 2 aromatic carbocycles. The van der Waals surface area contributed by atoms with Crippen LogP contribution < -0.4 is 4.74 Å². The van der Waals surface area contributed by atoms with Gasteiger partial charge in [0.1, 0.15) is 18.5 Å². The lowest BCUT2D eigenvalue weighted by Gasteiger charge is -2.33. The summed E-state index contributed by atoms with van der Waals surface area (Å²) < 4.78 is 6.69. The van der Waals surface area contributed by atoms with E-state index in [0.29, 0.717) is 13.2 Å². The standard InChI is InChI=1S/C21H26BrNO2/c22-19-6-8-21(9-7-19)25-16-20(24)15-23-12-10-18(11-13-23)14-17-4-2-1-3-5-17/h1-9,18,20,24H,10-16H2/t20-/m0/s1. The molecule has 0 spiro atoms. The fraction of sp³-hybridized carbons (Fsp3) is 0.429. The summed E-state index contributed by atoms with van der Waals surface area (Å²) >= 11 is 3.41. The maximum atomic E-state index is 10.2. The van der Waals surface area contributed by atoms with Crippen LogP contribution in [0.3, 0.4) is 0 Å². The Labute approximate surface area is 158 Å². The zero-order valence-corrected chi connectivity index (χ0v) is 16.1. The van der Waals surface area contributed by atoms with Gasteiger partial charge in [-0.1, -0.05) is 46.3 Å². The van der Waals surface area contributed by atoms with Crippen molar-refractivity contribution in [3.8, 4) is 5.75 Å². The second-order valence-electron chi connectivity index (χ2n) is 6.85. The Balaban J connectivity index is 1.36. The molecule has 0 aromatic heterocycles. The minimum absolute atomic E-state index is 0.339. The second-order valence-corrected chi connectivity index (χ2v) is 7.77. The number of hydrogen-bond donors (Lipinski definition) is 1. The van der Waals surface area contributed by atoms with Crippen LogP contribution >= 0.6 is 15.9 Å². The molecule has 1 fully saturated rings. The number of rotatable bonds is 7. The normalized spacial score (nSPS) is 17.4. The van der Waals surface area contributed by atoms with Crippen molar-refractivity contribution in [1.82, 2.24) is 4.90 Å². The van der Waals surface area contributed by atoms with Gasteiger partial charge < -0.3 is 14.7 Å². The van der Waals surface area contributed by atoms with Gasteiger partial charge in [0.15, 0.2) is 0 Å². The van der Waals surface area contributed by atoms with Crippen molar-refractivity contribution in [3.63, 3.8) is 0 Å². The van der Waals surface area contributed by atoms with E-state index in [1.807, 2.05) is 24.3 Å². The number of hydrogen-bond acceptors (Lipinski definition) is 3. The van der Waals surface area contributed by atoms with E-state index in [2.05, 4.69) is 51.2 Å². The van der Waals surface area contributed by atoms with E-state index in [-0.39, 0.29) is 0 Å². The average molecular weight is 404 g/mol. The minimum atomic E-state index is -0.450. The predicted molar refractivity (Wildman–Crippen MR) is 105 cm³/mol. The first kappa shape index (κ1) is 18.4. The van der Waals surface area contributed by atoms with Gasteiger partial charge in [-0.15, -0.1) is 0 Å². The van der Waals surface area contributed by atoms with Gasteiger partial charge in [0, 0.05) is 11.0 Å². The number of piperidine rings is 1. The van der Waals surface area contributed by atoms with Gasteiger partial charge in [-0.05, 0) is 68.1 Å². The van der Waals surface area contributed by atoms with Crippen LogP contribution in [0.4, 0.5) is 0 Å². The zero-order valence-electron chi connectivity index (χ0n) is 14.5. The molecule has 2 aromatic rings. The van der Waals surface area contributed by atoms with Gasteiger partial charge in [0.2, 0.25) is 0 Å². The first-order valence-corrected chi connectivity index (χ1v) is 9.81. The van der Waals surface area contributed by atoms with Crippen LogP contribution in [-0.2, 0) is 6.42 Å². The minimum Gasteiger partial charge on any atom is -0.491 e. The van der Waals surface area contributed by atoms with E-state index in [0.717, 1.165) is 29.2 Å². The molecule has 1 saturated heterocycles. The first-order valence-electron chi connectivity index (χ1n) is 9.02. The molecule has 1 aliphatic heterocycles. The highest BCUT2D eigenvalue weighted by Crippen LogP contribution is 2.22. The highest BCUT2D eigenvalue weighted by atomic mass is 79.9. The fourth-order valence-electron chi connectivity index (χ4n) is 3.39. The molecule has 0 radical (unpaired) electrons. The molecule has 0 aliphatic carbocycles. The predicted octanol–water partition coefficient (Wildman–Crippen LogP) is 4.14. The van der Waals surface area contributed by atoms with Gasteiger partial charge >= 0.3 is 0 Å². The molecule has 0 unspecified atom stereocenters. The quantitative estimate of drug-likeness (QED) is 0.753. The van der Waals surface area contributed by atoms with Crippen LogP contribution in [0.5, 0.6) is 5.75 Å². The SMILES string of the molecule is O[C@H](COc1ccc(Br)cc1)CN1CCC(Cc2ccccc2)CC1. The van der Waals surface area contributed by atoms with E-state index >= 15 is 0 Å². The summed E-state index contributed by atoms with van der Waals surface area (Å²) in [5, 5.41) is 10.2. The summed E-state index contributed by atoms with van der Waals surface area (Å²) in [6.07, 6.45) is 3.13. The van der Waals surface area contributed by atoms with Crippen molar-refractivity contribution in [3.05, 3.63) is 64.6 Å². The van der Waals surface area contributed by atoms with Crippen LogP contribution in [0.1, 0.15) is 18.4 Å². The van der Waals surface area contributed by atoms with E-state index in [1.54, 1.807) is 0 Å². The van der Waals surface area contributed by atoms with Crippen molar-refractivity contribution in [2.45, 2.75) is 25.4 Å². The maximum Gasteiger partial charge on any atom is 0.119 e. The Kier molecular flexibility index (Phi) is 6.91. The van der Waals surface area contributed by atoms with E-state index < -0.39 is 6.10 Å². The van der Waals surface area contributed by atoms with Crippen LogP contribution in [-0.4, -0.2) is 42.4 Å². The Hall–Kier alpha value is -1.36. The van der Waals surface area contributed by atoms with Crippen molar-refractivity contribution in [1.29, 1.82) is 0 Å². The van der Waals surface area contributed by atoms with Crippen molar-refractivity contribution >= 4 is 15.9 Å². The molecule has 1 N–H and O–H groups in total. The smallest absolute Gasteiger partial charge is 0.119 e. The van der Waals surface area contributed by atoms with Gasteiger partial charge in [-0.25, -0.2) is 0 Å². The molecule has 3 nitrogen and oxygen atoms in total. The van der Waals surface area contributed by atoms with Crippen LogP contribution in [0, 0.1) is 5.92 Å². The van der Waals surface area contributed by atoms with Gasteiger partial charge in [-0.2, -0.15) is 0 Å². The summed E-state index contributed by atoms with van der Waals surface area (Å²) in [5.41, 5.74) is 1.43. The molecular formula is C21H26BrNO2. The monoisotopic (exact) mass is 403 g/mol. The van der Waals surface area contributed by atoms with Crippen molar-refractivity contribution in [2.24, 2.45) is 5.92 Å². The summed E-state index contributed by atoms with van der Waals surface area (Å²) in [4.78, 5) is 2.36. The van der Waals surface area contributed by atoms with E-state index in [1.165, 1.54) is 24.8 Å². The fourth-order valence-corrected chi connectivity index (χ4v) is 3.66. The molecule has 0 amide bonds. The Morgan fingerprint density at radius 3 is 2.40 bits per heavy atom. The number of likely N-dealkylation sites (tertiary alicyclic amines) is 1. The van der Waals surface area contributed by atoms with Crippen molar-refractivity contribution < 1.29 is 9.84 Å². The number of β-amino-alcohol motifs (C(OH)–C–C–N with tert-alkyl or cyclic N) is 1. The number of aliphatic hydroxyl groups is 1. The second kappa shape index (κ2) is 9.37. The lowest BCUT2D eigenvalue weighted by Crippen LogP contribution is -2.41. The summed E-state index contributed by atoms with van der Waals surface area (Å²) in [7, 11) is 0. The lowest BCUT2D eigenvalue weighted by molar-refractivity contribution is 0.0550. The molecule has 4 heteroatoms. The molecule has 0 saturated carbocycles. The maximum absolute atomic E-state index is 10.2. The Morgan fingerprint density at radius 2 is 1.72 bits per heavy atom. The third kappa shape index (κ3) is 6.14. The number of nitrogens with zero attached hydrogens (tertiary/aromatic N) is 1. The van der Waals surface area contributed by atoms with Gasteiger partial charge in [-0.3, -0.25) is 0 Å². The molecule has 1 atom stereocenters. The Morgan fingerprint density at radius 1 is 1.04 bits per heavy atom. The number of ether oxygens (including phenoxy) is 1. The van der Waals surface area contributed by atoms with E-state index in [4.69, 9.17) is 4.74 Å². The molecule has 25 heavy (non-hydrogen) atoms. The third-order valence-electron chi connectivity index (χ3n) is 4.80. The first-order chi connectivity index (χ1) is 12.2. The Bertz CT molecular complexity index is 624. The molecular weight excluding hydrogens is 378 g/mol. The number of aliphatic hydroxyl groups excluding tert-OH is 1. The largest absolute Gasteiger partial charge is 0.491 e. The highest BCUT2D eigenvalue weighted by Gasteiger charge is 2.21. The van der Waals surface area contributed by atoms with Gasteiger partial charge in [0.05, 0.1) is 0 Å². The summed E-state index contributed by atoms with van der Waals surface area (Å²) in [6.45, 7) is 3.15. The third-order valence-corrected chi connectivity index (χ3v) is 5.33. The molecule has 3 rings (SSSR count). The average Bonchev–Trinajstić information content (AvgIpc) is 2.64. The molecule has 1 aliphatic rings. The summed E-state index contributed by atoms with van der Waals surface area (Å²) in [6, 6.07) is 18.4. The zero-order chi connectivity index (χ0) is 17.5. The number of benzene rings is 2. The topological polar surface area (TPSA) is 32.7 Å². The number of halogens is 1. The van der Waals surface area contributed by atoms with E-state index in [9.17, 15) is 5.11 Å². The highest BCUT2D eigenvalue weighted by molar-refractivity contribution is 9.10. The van der Waals surface area contributed by atoms with Crippen LogP contribution in [0.25, 0.3) is 0 Å². The van der Waals surface area contributed by atoms with Crippen molar-refractivity contribution in [2.75, 3.05) is 26.2 Å². The lowest BCUT2D eigenvalue weighted by atomic mass is 9.90. The summed E-state index contributed by atoms with van der Waals surface area (Å²) in [5.74, 6) is 1.55. The van der Waals surface area contributed by atoms with Crippen LogP contribution in [0.15, 0.2) is 59.1 Å². The molecule has 134 valence electrons. The molecule has 1 heterocycles. The van der Waals surface area contributed by atoms with Gasteiger partial charge in [0.25, 0.3) is 0 Å². The molecule has 0 bridgehead atoms. The van der Waals surface area contributed by atoms with Crippen LogP contribution in [0.2, 0.25) is 0 Å².